The van der Waals surface area contributed by atoms with Crippen molar-refractivity contribution in [3.63, 3.8) is 0 Å². The molecule has 2 rings (SSSR count). The Morgan fingerprint density at radius 2 is 1.90 bits per heavy atom. The standard InChI is InChI=1S/C14H18F4N2O/c15-13-2-1-11(9-12(13)14(16,17)18)10-19-3-4-20-5-7-21-8-6-20/h1-2,9,19H,3-8,10H2. The predicted octanol–water partition coefficient (Wildman–Crippen LogP) is 2.27. The Hall–Kier alpha value is -1.18. The number of morpholine rings is 1. The van der Waals surface area contributed by atoms with Crippen LogP contribution in [-0.4, -0.2) is 44.3 Å². The number of halogens is 4. The van der Waals surface area contributed by atoms with Gasteiger partial charge in [-0.2, -0.15) is 13.2 Å². The summed E-state index contributed by atoms with van der Waals surface area (Å²) in [7, 11) is 0. The lowest BCUT2D eigenvalue weighted by atomic mass is 10.1. The summed E-state index contributed by atoms with van der Waals surface area (Å²) in [6.45, 7) is 4.94. The second-order valence-electron chi connectivity index (χ2n) is 4.94. The number of benzene rings is 1. The molecule has 0 radical (unpaired) electrons. The molecular formula is C14H18F4N2O. The van der Waals surface area contributed by atoms with E-state index < -0.39 is 17.6 Å². The van der Waals surface area contributed by atoms with E-state index in [1.807, 2.05) is 0 Å². The normalized spacial score (nSPS) is 17.1. The van der Waals surface area contributed by atoms with E-state index in [4.69, 9.17) is 4.74 Å². The Morgan fingerprint density at radius 3 is 2.57 bits per heavy atom. The van der Waals surface area contributed by atoms with Crippen molar-refractivity contribution in [2.45, 2.75) is 12.7 Å². The fourth-order valence-corrected chi connectivity index (χ4v) is 2.19. The molecule has 1 aliphatic heterocycles. The topological polar surface area (TPSA) is 24.5 Å². The van der Waals surface area contributed by atoms with E-state index >= 15 is 0 Å². The lowest BCUT2D eigenvalue weighted by Gasteiger charge is -2.26. The van der Waals surface area contributed by atoms with Gasteiger partial charge >= 0.3 is 6.18 Å². The van der Waals surface area contributed by atoms with E-state index in [0.717, 1.165) is 31.8 Å². The summed E-state index contributed by atoms with van der Waals surface area (Å²) < 4.78 is 56.1. The van der Waals surface area contributed by atoms with Gasteiger partial charge in [0.2, 0.25) is 0 Å². The van der Waals surface area contributed by atoms with Crippen LogP contribution in [0.2, 0.25) is 0 Å². The van der Waals surface area contributed by atoms with E-state index in [-0.39, 0.29) is 6.54 Å². The molecule has 1 fully saturated rings. The van der Waals surface area contributed by atoms with E-state index in [1.165, 1.54) is 6.07 Å². The molecule has 7 heteroatoms. The average molecular weight is 306 g/mol. The van der Waals surface area contributed by atoms with Crippen LogP contribution in [0.15, 0.2) is 18.2 Å². The Labute approximate surface area is 120 Å². The van der Waals surface area contributed by atoms with Crippen LogP contribution in [0.3, 0.4) is 0 Å². The molecule has 3 nitrogen and oxygen atoms in total. The zero-order chi connectivity index (χ0) is 15.3. The maximum absolute atomic E-state index is 13.1. The molecule has 0 saturated carbocycles. The minimum Gasteiger partial charge on any atom is -0.379 e. The molecule has 1 saturated heterocycles. The molecule has 0 bridgehead atoms. The van der Waals surface area contributed by atoms with Crippen LogP contribution >= 0.6 is 0 Å². The first-order valence-electron chi connectivity index (χ1n) is 6.83. The van der Waals surface area contributed by atoms with E-state index in [1.54, 1.807) is 0 Å². The van der Waals surface area contributed by atoms with Crippen molar-refractivity contribution in [3.8, 4) is 0 Å². The first-order valence-corrected chi connectivity index (χ1v) is 6.83. The van der Waals surface area contributed by atoms with Crippen molar-refractivity contribution in [2.24, 2.45) is 0 Å². The van der Waals surface area contributed by atoms with Gasteiger partial charge in [-0.15, -0.1) is 0 Å². The minimum absolute atomic E-state index is 0.285. The number of ether oxygens (including phenoxy) is 1. The summed E-state index contributed by atoms with van der Waals surface area (Å²) in [5.41, 5.74) is -0.791. The fourth-order valence-electron chi connectivity index (χ4n) is 2.19. The molecule has 0 aromatic heterocycles. The predicted molar refractivity (Wildman–Crippen MR) is 70.4 cm³/mol. The van der Waals surface area contributed by atoms with Crippen LogP contribution in [-0.2, 0) is 17.5 Å². The molecule has 1 N–H and O–H groups in total. The number of alkyl halides is 3. The zero-order valence-corrected chi connectivity index (χ0v) is 11.5. The fraction of sp³-hybridized carbons (Fsp3) is 0.571. The molecule has 0 amide bonds. The van der Waals surface area contributed by atoms with Gasteiger partial charge in [0.15, 0.2) is 0 Å². The van der Waals surface area contributed by atoms with Crippen molar-refractivity contribution >= 4 is 0 Å². The highest BCUT2D eigenvalue weighted by Crippen LogP contribution is 2.31. The summed E-state index contributed by atoms with van der Waals surface area (Å²) in [6.07, 6.45) is -4.66. The second kappa shape index (κ2) is 7.20. The molecule has 21 heavy (non-hydrogen) atoms. The lowest BCUT2D eigenvalue weighted by molar-refractivity contribution is -0.140. The summed E-state index contributed by atoms with van der Waals surface area (Å²) in [4.78, 5) is 2.22. The van der Waals surface area contributed by atoms with E-state index in [0.29, 0.717) is 25.3 Å². The summed E-state index contributed by atoms with van der Waals surface area (Å²) in [5, 5.41) is 3.07. The van der Waals surface area contributed by atoms with E-state index in [2.05, 4.69) is 10.2 Å². The van der Waals surface area contributed by atoms with Gasteiger partial charge in [0.05, 0.1) is 18.8 Å². The molecule has 1 aromatic carbocycles. The molecule has 1 heterocycles. The van der Waals surface area contributed by atoms with Gasteiger partial charge in [-0.25, -0.2) is 4.39 Å². The van der Waals surface area contributed by atoms with Crippen molar-refractivity contribution < 1.29 is 22.3 Å². The molecule has 1 aliphatic rings. The number of nitrogens with zero attached hydrogens (tertiary/aromatic N) is 1. The van der Waals surface area contributed by atoms with Crippen LogP contribution in [0, 0.1) is 5.82 Å². The molecule has 0 unspecified atom stereocenters. The van der Waals surface area contributed by atoms with Crippen molar-refractivity contribution in [3.05, 3.63) is 35.1 Å². The van der Waals surface area contributed by atoms with Gasteiger partial charge in [0.1, 0.15) is 5.82 Å². The second-order valence-corrected chi connectivity index (χ2v) is 4.94. The highest BCUT2D eigenvalue weighted by atomic mass is 19.4. The van der Waals surface area contributed by atoms with Gasteiger partial charge in [-0.05, 0) is 17.7 Å². The maximum Gasteiger partial charge on any atom is 0.419 e. The van der Waals surface area contributed by atoms with Crippen LogP contribution in [0.25, 0.3) is 0 Å². The van der Waals surface area contributed by atoms with Crippen molar-refractivity contribution in [1.82, 2.24) is 10.2 Å². The minimum atomic E-state index is -4.66. The first-order chi connectivity index (χ1) is 9.97. The van der Waals surface area contributed by atoms with E-state index in [9.17, 15) is 17.6 Å². The molecule has 0 spiro atoms. The first kappa shape index (κ1) is 16.2. The molecule has 118 valence electrons. The van der Waals surface area contributed by atoms with Gasteiger partial charge in [0, 0.05) is 32.7 Å². The highest BCUT2D eigenvalue weighted by molar-refractivity contribution is 5.27. The van der Waals surface area contributed by atoms with Crippen LogP contribution in [0.5, 0.6) is 0 Å². The molecular weight excluding hydrogens is 288 g/mol. The molecule has 0 aliphatic carbocycles. The molecule has 0 atom stereocenters. The quantitative estimate of drug-likeness (QED) is 0.667. The number of nitrogens with one attached hydrogen (secondary N) is 1. The third kappa shape index (κ3) is 4.94. The van der Waals surface area contributed by atoms with Gasteiger partial charge < -0.3 is 10.1 Å². The Bertz CT molecular complexity index is 459. The van der Waals surface area contributed by atoms with Crippen molar-refractivity contribution in [2.75, 3.05) is 39.4 Å². The monoisotopic (exact) mass is 306 g/mol. The average Bonchev–Trinajstić information content (AvgIpc) is 2.45. The summed E-state index contributed by atoms with van der Waals surface area (Å²) in [6, 6.07) is 3.09. The number of rotatable bonds is 5. The third-order valence-corrected chi connectivity index (χ3v) is 3.37. The SMILES string of the molecule is Fc1ccc(CNCCN2CCOCC2)cc1C(F)(F)F. The molecule has 1 aromatic rings. The smallest absolute Gasteiger partial charge is 0.379 e. The van der Waals surface area contributed by atoms with Crippen LogP contribution in [0.4, 0.5) is 17.6 Å². The Morgan fingerprint density at radius 1 is 1.19 bits per heavy atom. The lowest BCUT2D eigenvalue weighted by Crippen LogP contribution is -2.40. The van der Waals surface area contributed by atoms with Crippen molar-refractivity contribution in [1.29, 1.82) is 0 Å². The zero-order valence-electron chi connectivity index (χ0n) is 11.5. The summed E-state index contributed by atoms with van der Waals surface area (Å²) in [5.74, 6) is -1.24. The van der Waals surface area contributed by atoms with Gasteiger partial charge in [-0.3, -0.25) is 4.90 Å². The van der Waals surface area contributed by atoms with Crippen LogP contribution < -0.4 is 5.32 Å². The third-order valence-electron chi connectivity index (χ3n) is 3.37. The number of hydrogen-bond donors (Lipinski definition) is 1. The largest absolute Gasteiger partial charge is 0.419 e. The van der Waals surface area contributed by atoms with Crippen LogP contribution in [0.1, 0.15) is 11.1 Å². The summed E-state index contributed by atoms with van der Waals surface area (Å²) >= 11 is 0. The van der Waals surface area contributed by atoms with Gasteiger partial charge in [-0.1, -0.05) is 6.07 Å². The number of hydrogen-bond acceptors (Lipinski definition) is 3. The Kier molecular flexibility index (Phi) is 5.55. The van der Waals surface area contributed by atoms with Gasteiger partial charge in [0.25, 0.3) is 0 Å². The maximum atomic E-state index is 13.1. The highest BCUT2D eigenvalue weighted by Gasteiger charge is 2.34. The Balaban J connectivity index is 1.80.